The van der Waals surface area contributed by atoms with Gasteiger partial charge in [0.25, 0.3) is 0 Å². The van der Waals surface area contributed by atoms with Crippen LogP contribution in [0.15, 0.2) is 47.1 Å². The minimum Gasteiger partial charge on any atom is -0.328 e. The van der Waals surface area contributed by atoms with E-state index in [1.54, 1.807) is 6.20 Å². The average molecular weight is 376 g/mol. The predicted molar refractivity (Wildman–Crippen MR) is 92.8 cm³/mol. The molecule has 0 saturated carbocycles. The Balaban J connectivity index is 2.02. The maximum absolute atomic E-state index is 12.2. The van der Waals surface area contributed by atoms with Gasteiger partial charge in [0.15, 0.2) is 0 Å². The summed E-state index contributed by atoms with van der Waals surface area (Å²) in [5.74, 6) is -0.422. The fourth-order valence-electron chi connectivity index (χ4n) is 2.05. The van der Waals surface area contributed by atoms with Gasteiger partial charge in [-0.3, -0.25) is 14.6 Å². The van der Waals surface area contributed by atoms with E-state index in [0.717, 1.165) is 15.7 Å². The third-order valence-corrected chi connectivity index (χ3v) is 3.91. The summed E-state index contributed by atoms with van der Waals surface area (Å²) < 4.78 is 0.810. The monoisotopic (exact) mass is 375 g/mol. The van der Waals surface area contributed by atoms with Crippen LogP contribution in [0, 0.1) is 6.92 Å². The molecule has 1 N–H and O–H groups in total. The summed E-state index contributed by atoms with van der Waals surface area (Å²) in [6, 6.07) is 11.1. The molecule has 2 aromatic rings. The number of aromatic nitrogens is 1. The summed E-state index contributed by atoms with van der Waals surface area (Å²) in [6.07, 6.45) is 1.66. The number of pyridine rings is 1. The van der Waals surface area contributed by atoms with Gasteiger partial charge in [-0.05, 0) is 52.7 Å². The lowest BCUT2D eigenvalue weighted by Gasteiger charge is -2.20. The van der Waals surface area contributed by atoms with Crippen LogP contribution in [0.2, 0.25) is 0 Å². The van der Waals surface area contributed by atoms with E-state index in [-0.39, 0.29) is 18.4 Å². The lowest BCUT2D eigenvalue weighted by Crippen LogP contribution is -2.36. The molecule has 0 radical (unpaired) electrons. The molecule has 1 aromatic carbocycles. The zero-order valence-corrected chi connectivity index (χ0v) is 14.6. The van der Waals surface area contributed by atoms with E-state index in [9.17, 15) is 9.59 Å². The molecule has 1 heterocycles. The predicted octanol–water partition coefficient (Wildman–Crippen LogP) is 3.14. The first-order valence-corrected chi connectivity index (χ1v) is 7.96. The quantitative estimate of drug-likeness (QED) is 0.872. The van der Waals surface area contributed by atoms with Crippen molar-refractivity contribution in [2.45, 2.75) is 20.4 Å². The first-order valence-electron chi connectivity index (χ1n) is 7.17. The maximum atomic E-state index is 12.2. The first-order chi connectivity index (χ1) is 11.0. The standard InChI is InChI=1S/C17H18BrN3O2/c1-12-6-7-16(15(18)9-12)20-17(23)11-21(13(2)22)10-14-5-3-4-8-19-14/h3-9H,10-11H2,1-2H3,(H,20,23). The van der Waals surface area contributed by atoms with Crippen LogP contribution in [0.3, 0.4) is 0 Å². The molecular formula is C17H18BrN3O2. The number of nitrogens with one attached hydrogen (secondary N) is 1. The lowest BCUT2D eigenvalue weighted by atomic mass is 10.2. The van der Waals surface area contributed by atoms with E-state index in [2.05, 4.69) is 26.2 Å². The van der Waals surface area contributed by atoms with Gasteiger partial charge in [-0.1, -0.05) is 12.1 Å². The van der Waals surface area contributed by atoms with Crippen LogP contribution in [0.5, 0.6) is 0 Å². The van der Waals surface area contributed by atoms with Crippen molar-refractivity contribution < 1.29 is 9.59 Å². The van der Waals surface area contributed by atoms with Crippen molar-refractivity contribution in [2.75, 3.05) is 11.9 Å². The molecule has 120 valence electrons. The molecular weight excluding hydrogens is 358 g/mol. The largest absolute Gasteiger partial charge is 0.328 e. The lowest BCUT2D eigenvalue weighted by molar-refractivity contribution is -0.133. The zero-order valence-electron chi connectivity index (χ0n) is 13.0. The first kappa shape index (κ1) is 17.1. The van der Waals surface area contributed by atoms with E-state index >= 15 is 0 Å². The van der Waals surface area contributed by atoms with Crippen LogP contribution < -0.4 is 5.32 Å². The van der Waals surface area contributed by atoms with Gasteiger partial charge in [-0.15, -0.1) is 0 Å². The van der Waals surface area contributed by atoms with Crippen molar-refractivity contribution in [2.24, 2.45) is 0 Å². The summed E-state index contributed by atoms with van der Waals surface area (Å²) in [5.41, 5.74) is 2.52. The third-order valence-electron chi connectivity index (χ3n) is 3.26. The Morgan fingerprint density at radius 1 is 1.26 bits per heavy atom. The van der Waals surface area contributed by atoms with Crippen molar-refractivity contribution in [1.29, 1.82) is 0 Å². The number of benzene rings is 1. The van der Waals surface area contributed by atoms with Gasteiger partial charge in [0.05, 0.1) is 17.9 Å². The molecule has 0 atom stereocenters. The Morgan fingerprint density at radius 3 is 2.65 bits per heavy atom. The third kappa shape index (κ3) is 5.17. The zero-order chi connectivity index (χ0) is 16.8. The summed E-state index contributed by atoms with van der Waals surface area (Å²) in [5, 5.41) is 2.81. The Morgan fingerprint density at radius 2 is 2.04 bits per heavy atom. The average Bonchev–Trinajstić information content (AvgIpc) is 2.50. The van der Waals surface area contributed by atoms with Gasteiger partial charge in [-0.25, -0.2) is 0 Å². The van der Waals surface area contributed by atoms with E-state index in [4.69, 9.17) is 0 Å². The SMILES string of the molecule is CC(=O)N(CC(=O)Nc1ccc(C)cc1Br)Cc1ccccn1. The van der Waals surface area contributed by atoms with E-state index in [1.807, 2.05) is 43.3 Å². The normalized spacial score (nSPS) is 10.2. The van der Waals surface area contributed by atoms with Gasteiger partial charge in [0.2, 0.25) is 11.8 Å². The number of aryl methyl sites for hydroxylation is 1. The second-order valence-electron chi connectivity index (χ2n) is 5.23. The second kappa shape index (κ2) is 7.87. The number of halogens is 1. The Labute approximate surface area is 143 Å². The second-order valence-corrected chi connectivity index (χ2v) is 6.08. The molecule has 0 fully saturated rings. The number of rotatable bonds is 5. The maximum Gasteiger partial charge on any atom is 0.244 e. The molecule has 0 unspecified atom stereocenters. The van der Waals surface area contributed by atoms with Crippen molar-refractivity contribution in [3.05, 3.63) is 58.3 Å². The molecule has 0 aliphatic rings. The summed E-state index contributed by atoms with van der Waals surface area (Å²) in [4.78, 5) is 29.6. The van der Waals surface area contributed by atoms with Crippen molar-refractivity contribution in [3.63, 3.8) is 0 Å². The molecule has 0 spiro atoms. The highest BCUT2D eigenvalue weighted by atomic mass is 79.9. The minimum absolute atomic E-state index is 0.0216. The molecule has 1 aromatic heterocycles. The van der Waals surface area contributed by atoms with Gasteiger partial charge in [0.1, 0.15) is 6.54 Å². The Hall–Kier alpha value is -2.21. The van der Waals surface area contributed by atoms with Gasteiger partial charge < -0.3 is 10.2 Å². The van der Waals surface area contributed by atoms with E-state index < -0.39 is 0 Å². The fourth-order valence-corrected chi connectivity index (χ4v) is 2.64. The Bertz CT molecular complexity index is 704. The molecule has 0 bridgehead atoms. The van der Waals surface area contributed by atoms with Crippen LogP contribution in [0.25, 0.3) is 0 Å². The molecule has 2 rings (SSSR count). The summed E-state index contributed by atoms with van der Waals surface area (Å²) in [7, 11) is 0. The van der Waals surface area contributed by atoms with Gasteiger partial charge >= 0.3 is 0 Å². The highest BCUT2D eigenvalue weighted by Gasteiger charge is 2.15. The molecule has 2 amide bonds. The number of hydrogen-bond donors (Lipinski definition) is 1. The molecule has 23 heavy (non-hydrogen) atoms. The molecule has 0 aliphatic heterocycles. The van der Waals surface area contributed by atoms with E-state index in [0.29, 0.717) is 12.2 Å². The van der Waals surface area contributed by atoms with Crippen molar-refractivity contribution in [3.8, 4) is 0 Å². The molecule has 0 aliphatic carbocycles. The number of anilines is 1. The molecule has 6 heteroatoms. The van der Waals surface area contributed by atoms with Crippen LogP contribution in [-0.4, -0.2) is 28.2 Å². The smallest absolute Gasteiger partial charge is 0.244 e. The number of amides is 2. The fraction of sp³-hybridized carbons (Fsp3) is 0.235. The summed E-state index contributed by atoms with van der Waals surface area (Å²) >= 11 is 3.42. The molecule has 5 nitrogen and oxygen atoms in total. The van der Waals surface area contributed by atoms with Crippen LogP contribution >= 0.6 is 15.9 Å². The highest BCUT2D eigenvalue weighted by Crippen LogP contribution is 2.23. The van der Waals surface area contributed by atoms with Crippen LogP contribution in [-0.2, 0) is 16.1 Å². The topological polar surface area (TPSA) is 62.3 Å². The number of carbonyl (C=O) groups is 2. The van der Waals surface area contributed by atoms with Gasteiger partial charge in [-0.2, -0.15) is 0 Å². The van der Waals surface area contributed by atoms with Gasteiger partial charge in [0, 0.05) is 17.6 Å². The minimum atomic E-state index is -0.249. The number of hydrogen-bond acceptors (Lipinski definition) is 3. The molecule has 0 saturated heterocycles. The van der Waals surface area contributed by atoms with Crippen LogP contribution in [0.1, 0.15) is 18.2 Å². The number of carbonyl (C=O) groups excluding carboxylic acids is 2. The van der Waals surface area contributed by atoms with Crippen molar-refractivity contribution >= 4 is 33.4 Å². The Kier molecular flexibility index (Phi) is 5.87. The van der Waals surface area contributed by atoms with Crippen LogP contribution in [0.4, 0.5) is 5.69 Å². The van der Waals surface area contributed by atoms with E-state index in [1.165, 1.54) is 11.8 Å². The van der Waals surface area contributed by atoms with Crippen molar-refractivity contribution in [1.82, 2.24) is 9.88 Å². The summed E-state index contributed by atoms with van der Waals surface area (Å²) in [6.45, 7) is 3.70. The number of nitrogens with zero attached hydrogens (tertiary/aromatic N) is 2. The highest BCUT2D eigenvalue weighted by molar-refractivity contribution is 9.10.